The van der Waals surface area contributed by atoms with Crippen LogP contribution in [0.25, 0.3) is 11.0 Å². The second-order valence-electron chi connectivity index (χ2n) is 7.57. The first-order valence-electron chi connectivity index (χ1n) is 9.66. The summed E-state index contributed by atoms with van der Waals surface area (Å²) in [6, 6.07) is 7.93. The molecule has 0 spiro atoms. The number of esters is 1. The van der Waals surface area contributed by atoms with Gasteiger partial charge in [0.1, 0.15) is 28.9 Å². The number of sulfonamides is 1. The van der Waals surface area contributed by atoms with E-state index in [-0.39, 0.29) is 12.2 Å². The highest BCUT2D eigenvalue weighted by molar-refractivity contribution is 7.89. The van der Waals surface area contributed by atoms with Gasteiger partial charge in [-0.05, 0) is 42.7 Å². The van der Waals surface area contributed by atoms with Crippen molar-refractivity contribution < 1.29 is 26.8 Å². The molecule has 10 heteroatoms. The molecular weight excluding hydrogens is 461 g/mol. The second kappa shape index (κ2) is 9.40. The molecule has 3 aromatic rings. The highest BCUT2D eigenvalue weighted by atomic mass is 35.5. The Morgan fingerprint density at radius 3 is 2.56 bits per heavy atom. The number of carbonyl (C=O) groups excluding carboxylic acids is 1. The SMILES string of the molecule is Cc1cc2oc(=O)cc(COC(=O)C(NS(=O)(=O)c3ccccc3F)C(C)C)c2cc1Cl. The van der Waals surface area contributed by atoms with E-state index in [1.165, 1.54) is 18.2 Å². The third-order valence-corrected chi connectivity index (χ3v) is 6.69. The molecule has 1 unspecified atom stereocenters. The Bertz CT molecular complexity index is 1340. The number of fused-ring (bicyclic) bond motifs is 1. The normalized spacial score (nSPS) is 12.8. The van der Waals surface area contributed by atoms with Gasteiger partial charge >= 0.3 is 11.6 Å². The summed E-state index contributed by atoms with van der Waals surface area (Å²) in [6.45, 7) is 4.67. The van der Waals surface area contributed by atoms with Crippen LogP contribution >= 0.6 is 11.6 Å². The molecule has 1 atom stereocenters. The highest BCUT2D eigenvalue weighted by Gasteiger charge is 2.31. The van der Waals surface area contributed by atoms with Gasteiger partial charge in [0.15, 0.2) is 0 Å². The molecule has 0 aliphatic heterocycles. The Morgan fingerprint density at radius 2 is 1.91 bits per heavy atom. The van der Waals surface area contributed by atoms with Gasteiger partial charge in [0.25, 0.3) is 0 Å². The predicted molar refractivity (Wildman–Crippen MR) is 117 cm³/mol. The average molecular weight is 482 g/mol. The fraction of sp³-hybridized carbons (Fsp3) is 0.273. The molecule has 0 bridgehead atoms. The van der Waals surface area contributed by atoms with Crippen LogP contribution in [0.4, 0.5) is 4.39 Å². The lowest BCUT2D eigenvalue weighted by Gasteiger charge is -2.21. The van der Waals surface area contributed by atoms with Crippen LogP contribution in [0.1, 0.15) is 25.0 Å². The molecule has 7 nitrogen and oxygen atoms in total. The molecule has 0 amide bonds. The van der Waals surface area contributed by atoms with E-state index in [1.807, 2.05) is 0 Å². The van der Waals surface area contributed by atoms with Gasteiger partial charge in [0, 0.05) is 22.0 Å². The van der Waals surface area contributed by atoms with Crippen LogP contribution in [0.3, 0.4) is 0 Å². The lowest BCUT2D eigenvalue weighted by molar-refractivity contribution is -0.148. The first-order chi connectivity index (χ1) is 15.0. The maximum atomic E-state index is 14.0. The third-order valence-electron chi connectivity index (χ3n) is 4.81. The molecule has 1 heterocycles. The van der Waals surface area contributed by atoms with Gasteiger partial charge < -0.3 is 9.15 Å². The number of nitrogens with one attached hydrogen (secondary N) is 1. The van der Waals surface area contributed by atoms with Crippen molar-refractivity contribution in [2.24, 2.45) is 5.92 Å². The maximum Gasteiger partial charge on any atom is 0.336 e. The van der Waals surface area contributed by atoms with Crippen molar-refractivity contribution in [2.75, 3.05) is 0 Å². The number of halogens is 2. The van der Waals surface area contributed by atoms with Crippen molar-refractivity contribution in [3.05, 3.63) is 74.9 Å². The van der Waals surface area contributed by atoms with E-state index >= 15 is 0 Å². The largest absolute Gasteiger partial charge is 0.460 e. The number of aryl methyl sites for hydroxylation is 1. The van der Waals surface area contributed by atoms with Crippen molar-refractivity contribution >= 4 is 38.6 Å². The molecule has 0 aliphatic rings. The van der Waals surface area contributed by atoms with E-state index in [4.69, 9.17) is 20.8 Å². The summed E-state index contributed by atoms with van der Waals surface area (Å²) >= 11 is 6.16. The minimum Gasteiger partial charge on any atom is -0.460 e. The van der Waals surface area contributed by atoms with Crippen molar-refractivity contribution in [1.29, 1.82) is 0 Å². The Morgan fingerprint density at radius 1 is 1.22 bits per heavy atom. The molecule has 0 radical (unpaired) electrons. The summed E-state index contributed by atoms with van der Waals surface area (Å²) in [4.78, 5) is 24.0. The molecule has 0 saturated carbocycles. The zero-order valence-electron chi connectivity index (χ0n) is 17.5. The number of hydrogen-bond acceptors (Lipinski definition) is 6. The number of rotatable bonds is 7. The van der Waals surface area contributed by atoms with Gasteiger partial charge in [-0.15, -0.1) is 0 Å². The molecule has 170 valence electrons. The minimum absolute atomic E-state index is 0.283. The summed E-state index contributed by atoms with van der Waals surface area (Å²) in [7, 11) is -4.32. The maximum absolute atomic E-state index is 14.0. The van der Waals surface area contributed by atoms with Crippen LogP contribution in [-0.2, 0) is 26.2 Å². The first-order valence-corrected chi connectivity index (χ1v) is 11.5. The van der Waals surface area contributed by atoms with E-state index in [9.17, 15) is 22.4 Å². The van der Waals surface area contributed by atoms with E-state index in [0.717, 1.165) is 12.1 Å². The summed E-state index contributed by atoms with van der Waals surface area (Å²) < 4.78 is 51.9. The Labute approximate surface area is 189 Å². The van der Waals surface area contributed by atoms with E-state index in [2.05, 4.69) is 4.72 Å². The third kappa shape index (κ3) is 5.17. The topological polar surface area (TPSA) is 103 Å². The van der Waals surface area contributed by atoms with E-state index in [0.29, 0.717) is 21.5 Å². The Balaban J connectivity index is 1.84. The lowest BCUT2D eigenvalue weighted by Crippen LogP contribution is -2.45. The summed E-state index contributed by atoms with van der Waals surface area (Å²) in [5.41, 5.74) is 0.710. The van der Waals surface area contributed by atoms with Gasteiger partial charge in [0.2, 0.25) is 10.0 Å². The van der Waals surface area contributed by atoms with Crippen LogP contribution in [0.5, 0.6) is 0 Å². The lowest BCUT2D eigenvalue weighted by atomic mass is 10.1. The van der Waals surface area contributed by atoms with Crippen LogP contribution in [-0.4, -0.2) is 20.4 Å². The van der Waals surface area contributed by atoms with Crippen molar-refractivity contribution in [3.63, 3.8) is 0 Å². The first kappa shape index (κ1) is 23.9. The van der Waals surface area contributed by atoms with Gasteiger partial charge in [-0.25, -0.2) is 17.6 Å². The standard InChI is InChI=1S/C22H21ClFNO6S/c1-12(2)21(25-32(28,29)19-7-5-4-6-17(19)24)22(27)30-11-14-9-20(26)31-18-8-13(3)16(23)10-15(14)18/h4-10,12,21,25H,11H2,1-3H3. The zero-order chi connectivity index (χ0) is 23.6. The number of benzene rings is 2. The molecule has 0 fully saturated rings. The van der Waals surface area contributed by atoms with Gasteiger partial charge in [0.05, 0.1) is 0 Å². The van der Waals surface area contributed by atoms with Crippen LogP contribution < -0.4 is 10.3 Å². The Hall–Kier alpha value is -2.75. The smallest absolute Gasteiger partial charge is 0.336 e. The quantitative estimate of drug-likeness (QED) is 0.405. The summed E-state index contributed by atoms with van der Waals surface area (Å²) in [6.07, 6.45) is 0. The highest BCUT2D eigenvalue weighted by Crippen LogP contribution is 2.26. The van der Waals surface area contributed by atoms with Crippen LogP contribution in [0.2, 0.25) is 5.02 Å². The molecular formula is C22H21ClFNO6S. The second-order valence-corrected chi connectivity index (χ2v) is 9.66. The number of ether oxygens (including phenoxy) is 1. The molecule has 1 aromatic heterocycles. The predicted octanol–water partition coefficient (Wildman–Crippen LogP) is 3.94. The number of carbonyl (C=O) groups is 1. The van der Waals surface area contributed by atoms with E-state index < -0.39 is 44.3 Å². The summed E-state index contributed by atoms with van der Waals surface area (Å²) in [5.74, 6) is -2.32. The van der Waals surface area contributed by atoms with Crippen LogP contribution in [0, 0.1) is 18.7 Å². The molecule has 3 rings (SSSR count). The minimum atomic E-state index is -4.32. The van der Waals surface area contributed by atoms with Crippen molar-refractivity contribution in [2.45, 2.75) is 38.3 Å². The molecule has 32 heavy (non-hydrogen) atoms. The Kier molecular flexibility index (Phi) is 7.02. The molecule has 2 aromatic carbocycles. The number of hydrogen-bond donors (Lipinski definition) is 1. The zero-order valence-corrected chi connectivity index (χ0v) is 19.1. The van der Waals surface area contributed by atoms with Gasteiger partial charge in [-0.3, -0.25) is 4.79 Å². The van der Waals surface area contributed by atoms with Crippen molar-refractivity contribution in [3.8, 4) is 0 Å². The molecule has 0 saturated heterocycles. The van der Waals surface area contributed by atoms with Gasteiger partial charge in [-0.2, -0.15) is 4.72 Å². The fourth-order valence-corrected chi connectivity index (χ4v) is 4.63. The fourth-order valence-electron chi connectivity index (χ4n) is 3.06. The monoisotopic (exact) mass is 481 g/mol. The summed E-state index contributed by atoms with van der Waals surface area (Å²) in [5, 5.41) is 0.928. The van der Waals surface area contributed by atoms with Gasteiger partial charge in [-0.1, -0.05) is 37.6 Å². The average Bonchev–Trinajstić information content (AvgIpc) is 2.71. The van der Waals surface area contributed by atoms with E-state index in [1.54, 1.807) is 32.9 Å². The molecule has 1 N–H and O–H groups in total. The van der Waals surface area contributed by atoms with Crippen LogP contribution in [0.15, 0.2) is 56.6 Å². The molecule has 0 aliphatic carbocycles. The van der Waals surface area contributed by atoms with Crippen molar-refractivity contribution in [1.82, 2.24) is 4.72 Å².